The first-order valence-corrected chi connectivity index (χ1v) is 13.9. The normalized spacial score (nSPS) is 17.5. The van der Waals surface area contributed by atoms with E-state index >= 15 is 0 Å². The fourth-order valence-electron chi connectivity index (χ4n) is 6.03. The van der Waals surface area contributed by atoms with Crippen LogP contribution in [-0.4, -0.2) is 32.5 Å². The predicted octanol–water partition coefficient (Wildman–Crippen LogP) is 3.51. The highest BCUT2D eigenvalue weighted by molar-refractivity contribution is 6.11. The van der Waals surface area contributed by atoms with E-state index < -0.39 is 11.3 Å². The molecule has 206 valence electrons. The highest BCUT2D eigenvalue weighted by atomic mass is 16.2. The van der Waals surface area contributed by atoms with E-state index in [4.69, 9.17) is 15.9 Å². The Morgan fingerprint density at radius 1 is 1.05 bits per heavy atom. The van der Waals surface area contributed by atoms with Crippen molar-refractivity contribution in [3.63, 3.8) is 0 Å². The standard InChI is InChI=1S/C32H31N7O2/c1-2-22-7-9-24(10-8-22)20-38-31(41)37(18-16-28(34)40)30(36-38)39-21-32(17-15-25-5-3-4-6-27(25)32)29(35-39)26-13-11-23(19-33)12-14-26/h3-14H,2,15-18,20-21H2,1H3,(H2,34,40)/t32-/m1/s1. The number of carbonyl (C=O) groups excluding carboxylic acids is 1. The number of nitriles is 1. The number of hydrogen-bond acceptors (Lipinski definition) is 6. The van der Waals surface area contributed by atoms with Crippen molar-refractivity contribution in [2.45, 2.75) is 51.1 Å². The van der Waals surface area contributed by atoms with Crippen LogP contribution in [0.4, 0.5) is 5.95 Å². The Morgan fingerprint density at radius 2 is 1.78 bits per heavy atom. The van der Waals surface area contributed by atoms with Crippen molar-refractivity contribution in [1.82, 2.24) is 14.3 Å². The number of primary amides is 1. The molecule has 3 aromatic carbocycles. The zero-order chi connectivity index (χ0) is 28.6. The van der Waals surface area contributed by atoms with Crippen LogP contribution in [0.25, 0.3) is 0 Å². The SMILES string of the molecule is CCc1ccc(Cn2nc(N3C[C@@]4(CCc5ccccc54)C(c4ccc(C#N)cc4)=N3)n(CCC(N)=O)c2=O)cc1. The molecule has 1 amide bonds. The van der Waals surface area contributed by atoms with Gasteiger partial charge >= 0.3 is 5.69 Å². The number of aryl methyl sites for hydroxylation is 2. The van der Waals surface area contributed by atoms with E-state index in [1.54, 1.807) is 17.1 Å². The smallest absolute Gasteiger partial charge is 0.347 e. The highest BCUT2D eigenvalue weighted by Crippen LogP contribution is 2.46. The molecule has 6 rings (SSSR count). The minimum absolute atomic E-state index is 0.0117. The molecule has 0 saturated heterocycles. The average molecular weight is 546 g/mol. The fourth-order valence-corrected chi connectivity index (χ4v) is 6.03. The van der Waals surface area contributed by atoms with Gasteiger partial charge in [-0.05, 0) is 59.2 Å². The van der Waals surface area contributed by atoms with Gasteiger partial charge in [-0.3, -0.25) is 9.36 Å². The van der Waals surface area contributed by atoms with Crippen molar-refractivity contribution in [3.05, 3.63) is 117 Å². The van der Waals surface area contributed by atoms with Gasteiger partial charge in [-0.25, -0.2) is 14.5 Å². The van der Waals surface area contributed by atoms with Crippen LogP contribution in [0.3, 0.4) is 0 Å². The van der Waals surface area contributed by atoms with E-state index in [9.17, 15) is 14.9 Å². The van der Waals surface area contributed by atoms with E-state index in [1.807, 2.05) is 30.3 Å². The molecule has 9 nitrogen and oxygen atoms in total. The van der Waals surface area contributed by atoms with Gasteiger partial charge in [0.25, 0.3) is 0 Å². The highest BCUT2D eigenvalue weighted by Gasteiger charge is 2.49. The van der Waals surface area contributed by atoms with Crippen LogP contribution >= 0.6 is 0 Å². The van der Waals surface area contributed by atoms with Gasteiger partial charge in [0.1, 0.15) is 0 Å². The molecular formula is C32H31N7O2. The molecule has 0 saturated carbocycles. The number of nitrogens with two attached hydrogens (primary N) is 1. The van der Waals surface area contributed by atoms with Crippen LogP contribution in [-0.2, 0) is 36.1 Å². The van der Waals surface area contributed by atoms with Gasteiger partial charge < -0.3 is 5.73 Å². The zero-order valence-electron chi connectivity index (χ0n) is 23.0. The first-order chi connectivity index (χ1) is 19.9. The summed E-state index contributed by atoms with van der Waals surface area (Å²) in [5, 5.41) is 21.0. The summed E-state index contributed by atoms with van der Waals surface area (Å²) in [5.41, 5.74) is 11.8. The lowest BCUT2D eigenvalue weighted by molar-refractivity contribution is -0.118. The number of benzene rings is 3. The average Bonchev–Trinajstić information content (AvgIpc) is 3.66. The Hall–Kier alpha value is -4.97. The third-order valence-corrected chi connectivity index (χ3v) is 8.21. The Bertz CT molecular complexity index is 1740. The molecule has 0 radical (unpaired) electrons. The van der Waals surface area contributed by atoms with Crippen molar-refractivity contribution >= 4 is 17.6 Å². The summed E-state index contributed by atoms with van der Waals surface area (Å²) < 4.78 is 2.94. The molecule has 4 aromatic rings. The maximum atomic E-state index is 13.6. The number of carbonyl (C=O) groups is 1. The second-order valence-corrected chi connectivity index (χ2v) is 10.7. The first-order valence-electron chi connectivity index (χ1n) is 13.9. The van der Waals surface area contributed by atoms with Crippen LogP contribution in [0.5, 0.6) is 0 Å². The number of anilines is 1. The molecular weight excluding hydrogens is 514 g/mol. The van der Waals surface area contributed by atoms with Crippen LogP contribution < -0.4 is 16.4 Å². The molecule has 0 bridgehead atoms. The van der Waals surface area contributed by atoms with Gasteiger partial charge in [-0.15, -0.1) is 5.10 Å². The summed E-state index contributed by atoms with van der Waals surface area (Å²) in [6.45, 7) is 3.01. The third-order valence-electron chi connectivity index (χ3n) is 8.21. The van der Waals surface area contributed by atoms with Crippen molar-refractivity contribution in [2.24, 2.45) is 10.8 Å². The molecule has 1 aromatic heterocycles. The van der Waals surface area contributed by atoms with Crippen molar-refractivity contribution in [3.8, 4) is 6.07 Å². The topological polar surface area (TPSA) is 122 Å². The number of aromatic nitrogens is 3. The number of rotatable bonds is 8. The molecule has 41 heavy (non-hydrogen) atoms. The summed E-state index contributed by atoms with van der Waals surface area (Å²) in [6.07, 6.45) is 2.72. The Balaban J connectivity index is 1.45. The van der Waals surface area contributed by atoms with E-state index in [2.05, 4.69) is 43.3 Å². The van der Waals surface area contributed by atoms with Gasteiger partial charge in [-0.1, -0.05) is 67.6 Å². The number of hydrazone groups is 1. The lowest BCUT2D eigenvalue weighted by atomic mass is 9.75. The molecule has 1 atom stereocenters. The second-order valence-electron chi connectivity index (χ2n) is 10.7. The van der Waals surface area contributed by atoms with E-state index in [-0.39, 0.29) is 18.7 Å². The first kappa shape index (κ1) is 26.3. The Labute approximate surface area is 238 Å². The summed E-state index contributed by atoms with van der Waals surface area (Å²) in [5.74, 6) is -0.107. The number of nitrogens with zero attached hydrogens (tertiary/aromatic N) is 6. The number of hydrogen-bond donors (Lipinski definition) is 1. The largest absolute Gasteiger partial charge is 0.370 e. The van der Waals surface area contributed by atoms with Gasteiger partial charge in [0.15, 0.2) is 0 Å². The summed E-state index contributed by atoms with van der Waals surface area (Å²) in [4.78, 5) is 25.3. The molecule has 1 spiro atoms. The van der Waals surface area contributed by atoms with E-state index in [0.717, 1.165) is 36.1 Å². The third kappa shape index (κ3) is 4.72. The monoisotopic (exact) mass is 545 g/mol. The van der Waals surface area contributed by atoms with Crippen LogP contribution in [0.1, 0.15) is 53.1 Å². The van der Waals surface area contributed by atoms with Crippen molar-refractivity contribution in [1.29, 1.82) is 5.26 Å². The number of fused-ring (bicyclic) bond motifs is 2. The molecule has 0 unspecified atom stereocenters. The molecule has 2 aliphatic rings. The molecule has 1 aliphatic carbocycles. The Kier molecular flexibility index (Phi) is 6.75. The fraction of sp³-hybridized carbons (Fsp3) is 0.281. The second kappa shape index (κ2) is 10.5. The van der Waals surface area contributed by atoms with Crippen molar-refractivity contribution in [2.75, 3.05) is 11.6 Å². The van der Waals surface area contributed by atoms with E-state index in [1.165, 1.54) is 25.9 Å². The van der Waals surface area contributed by atoms with E-state index in [0.29, 0.717) is 24.6 Å². The summed E-state index contributed by atoms with van der Waals surface area (Å²) in [7, 11) is 0. The lowest BCUT2D eigenvalue weighted by Crippen LogP contribution is -2.37. The van der Waals surface area contributed by atoms with Crippen LogP contribution in [0.15, 0.2) is 82.7 Å². The number of amides is 1. The van der Waals surface area contributed by atoms with Crippen LogP contribution in [0, 0.1) is 11.3 Å². The zero-order valence-corrected chi connectivity index (χ0v) is 23.0. The Morgan fingerprint density at radius 3 is 2.49 bits per heavy atom. The van der Waals surface area contributed by atoms with Crippen LogP contribution in [0.2, 0.25) is 0 Å². The molecule has 2 N–H and O–H groups in total. The van der Waals surface area contributed by atoms with Gasteiger partial charge in [0.2, 0.25) is 11.9 Å². The molecule has 2 heterocycles. The maximum absolute atomic E-state index is 13.6. The van der Waals surface area contributed by atoms with Gasteiger partial charge in [-0.2, -0.15) is 10.4 Å². The summed E-state index contributed by atoms with van der Waals surface area (Å²) >= 11 is 0. The molecule has 9 heteroatoms. The maximum Gasteiger partial charge on any atom is 0.347 e. The van der Waals surface area contributed by atoms with Gasteiger partial charge in [0, 0.05) is 13.0 Å². The quantitative estimate of drug-likeness (QED) is 0.363. The molecule has 1 aliphatic heterocycles. The molecule has 0 fully saturated rings. The minimum atomic E-state index is -0.491. The predicted molar refractivity (Wildman–Crippen MR) is 157 cm³/mol. The lowest BCUT2D eigenvalue weighted by Gasteiger charge is -2.27. The summed E-state index contributed by atoms with van der Waals surface area (Å²) in [6, 6.07) is 26.2. The van der Waals surface area contributed by atoms with Gasteiger partial charge in [0.05, 0.1) is 35.8 Å². The minimum Gasteiger partial charge on any atom is -0.370 e. The van der Waals surface area contributed by atoms with Crippen molar-refractivity contribution < 1.29 is 4.79 Å².